The molecule has 2 N–H and O–H groups in total. The van der Waals surface area contributed by atoms with Crippen LogP contribution in [0, 0.1) is 11.3 Å². The molecule has 1 aromatic rings. The van der Waals surface area contributed by atoms with Gasteiger partial charge in [-0.1, -0.05) is 19.1 Å². The number of carbonyl (C=O) groups excluding carboxylic acids is 2. The molecule has 2 amide bonds. The maximum Gasteiger partial charge on any atom is 0.407 e. The van der Waals surface area contributed by atoms with Crippen LogP contribution in [0.5, 0.6) is 0 Å². The number of rotatable bonds is 7. The van der Waals surface area contributed by atoms with Crippen LogP contribution in [0.3, 0.4) is 0 Å². The van der Waals surface area contributed by atoms with Gasteiger partial charge in [-0.15, -0.1) is 0 Å². The maximum absolute atomic E-state index is 12.1. The number of hydrogen-bond donors (Lipinski definition) is 2. The number of hydrogen-bond acceptors (Lipinski definition) is 4. The lowest BCUT2D eigenvalue weighted by atomic mass is 10.0. The van der Waals surface area contributed by atoms with Crippen LogP contribution in [0.1, 0.15) is 44.7 Å². The molecule has 1 atom stereocenters. The molecule has 1 aromatic carbocycles. The summed E-state index contributed by atoms with van der Waals surface area (Å²) in [6.45, 7) is 5.61. The van der Waals surface area contributed by atoms with Gasteiger partial charge in [-0.2, -0.15) is 5.26 Å². The summed E-state index contributed by atoms with van der Waals surface area (Å²) < 4.78 is 5.38. The Morgan fingerprint density at radius 1 is 1.29 bits per heavy atom. The van der Waals surface area contributed by atoms with Crippen LogP contribution in [0.4, 0.5) is 4.79 Å². The molecule has 0 heterocycles. The summed E-state index contributed by atoms with van der Waals surface area (Å²) in [5, 5.41) is 14.2. The van der Waals surface area contributed by atoms with E-state index in [-0.39, 0.29) is 12.3 Å². The second-order valence-corrected chi connectivity index (χ2v) is 6.23. The Hall–Kier alpha value is -2.55. The number of nitriles is 1. The van der Waals surface area contributed by atoms with Gasteiger partial charge in [0.25, 0.3) is 0 Å². The molecule has 0 aliphatic carbocycles. The van der Waals surface area contributed by atoms with Crippen molar-refractivity contribution in [3.8, 4) is 6.07 Å². The Balaban J connectivity index is 2.77. The van der Waals surface area contributed by atoms with Crippen molar-refractivity contribution in [2.24, 2.45) is 0 Å². The van der Waals surface area contributed by atoms with Gasteiger partial charge in [-0.25, -0.2) is 4.79 Å². The molecule has 0 aromatic heterocycles. The highest BCUT2D eigenvalue weighted by atomic mass is 16.6. The fourth-order valence-electron chi connectivity index (χ4n) is 2.02. The number of ether oxygens (including phenoxy) is 1. The summed E-state index contributed by atoms with van der Waals surface area (Å²) in [4.78, 5) is 23.8. The zero-order valence-electron chi connectivity index (χ0n) is 14.7. The fraction of sp³-hybridized carbons (Fsp3) is 0.500. The van der Waals surface area contributed by atoms with Crippen molar-refractivity contribution in [1.82, 2.24) is 10.6 Å². The van der Waals surface area contributed by atoms with E-state index >= 15 is 0 Å². The Kier molecular flexibility index (Phi) is 7.25. The quantitative estimate of drug-likeness (QED) is 0.803. The van der Waals surface area contributed by atoms with Gasteiger partial charge in [0.1, 0.15) is 5.60 Å². The maximum atomic E-state index is 12.1. The topological polar surface area (TPSA) is 91.2 Å². The molecule has 130 valence electrons. The minimum Gasteiger partial charge on any atom is -0.444 e. The van der Waals surface area contributed by atoms with E-state index < -0.39 is 17.7 Å². The number of amides is 2. The Morgan fingerprint density at radius 2 is 1.92 bits per heavy atom. The fourth-order valence-corrected chi connectivity index (χ4v) is 2.02. The molecule has 0 aliphatic heterocycles. The van der Waals surface area contributed by atoms with Crippen LogP contribution < -0.4 is 10.6 Å². The monoisotopic (exact) mass is 331 g/mol. The minimum absolute atomic E-state index is 0.151. The average Bonchev–Trinajstić information content (AvgIpc) is 2.54. The van der Waals surface area contributed by atoms with Crippen molar-refractivity contribution in [2.75, 3.05) is 7.05 Å². The molecule has 0 fully saturated rings. The largest absolute Gasteiger partial charge is 0.444 e. The van der Waals surface area contributed by atoms with E-state index in [1.54, 1.807) is 19.2 Å². The summed E-state index contributed by atoms with van der Waals surface area (Å²) in [5.74, 6) is -0.163. The minimum atomic E-state index is -0.559. The summed E-state index contributed by atoms with van der Waals surface area (Å²) in [6.07, 6.45) is 0.777. The van der Waals surface area contributed by atoms with Gasteiger partial charge < -0.3 is 15.4 Å². The average molecular weight is 331 g/mol. The first kappa shape index (κ1) is 19.5. The number of nitrogens with zero attached hydrogens (tertiary/aromatic N) is 1. The number of nitrogens with one attached hydrogen (secondary N) is 2. The molecular weight excluding hydrogens is 306 g/mol. The zero-order chi connectivity index (χ0) is 18.2. The summed E-state index contributed by atoms with van der Waals surface area (Å²) in [5.41, 5.74) is 0.937. The van der Waals surface area contributed by atoms with Gasteiger partial charge in [0.05, 0.1) is 11.6 Å². The molecule has 0 spiro atoms. The lowest BCUT2D eigenvalue weighted by Crippen LogP contribution is -2.43. The van der Waals surface area contributed by atoms with E-state index in [0.29, 0.717) is 18.4 Å². The second-order valence-electron chi connectivity index (χ2n) is 6.23. The first-order chi connectivity index (χ1) is 11.3. The normalized spacial score (nSPS) is 12.0. The first-order valence-electron chi connectivity index (χ1n) is 7.98. The molecule has 6 nitrogen and oxygen atoms in total. The Morgan fingerprint density at radius 3 is 2.42 bits per heavy atom. The molecule has 0 unspecified atom stereocenters. The molecule has 0 bridgehead atoms. The third-order valence-corrected chi connectivity index (χ3v) is 3.82. The summed E-state index contributed by atoms with van der Waals surface area (Å²) in [6, 6.07) is 8.73. The SMILES string of the molecule is CCC(C)(C)OC(=O)N[C@@H](CC(=O)NC)Cc1ccc(C#N)cc1. The van der Waals surface area contributed by atoms with Gasteiger partial charge in [0, 0.05) is 19.5 Å². The third kappa shape index (κ3) is 6.69. The molecule has 0 radical (unpaired) electrons. The molecule has 0 saturated heterocycles. The summed E-state index contributed by atoms with van der Waals surface area (Å²) >= 11 is 0. The molecule has 1 rings (SSSR count). The predicted molar refractivity (Wildman–Crippen MR) is 91.3 cm³/mol. The number of benzene rings is 1. The number of carbonyl (C=O) groups is 2. The molecule has 0 saturated carbocycles. The highest BCUT2D eigenvalue weighted by Crippen LogP contribution is 2.14. The van der Waals surface area contributed by atoms with Gasteiger partial charge >= 0.3 is 6.09 Å². The van der Waals surface area contributed by atoms with Crippen molar-refractivity contribution in [3.05, 3.63) is 35.4 Å². The zero-order valence-corrected chi connectivity index (χ0v) is 14.7. The van der Waals surface area contributed by atoms with E-state index in [2.05, 4.69) is 16.7 Å². The lowest BCUT2D eigenvalue weighted by Gasteiger charge is -2.25. The van der Waals surface area contributed by atoms with Crippen LogP contribution in [0.15, 0.2) is 24.3 Å². The van der Waals surface area contributed by atoms with Gasteiger partial charge in [-0.05, 0) is 44.4 Å². The van der Waals surface area contributed by atoms with Gasteiger partial charge in [-0.3, -0.25) is 4.79 Å². The molecule has 6 heteroatoms. The van der Waals surface area contributed by atoms with E-state index in [1.165, 1.54) is 0 Å². The van der Waals surface area contributed by atoms with E-state index in [0.717, 1.165) is 5.56 Å². The van der Waals surface area contributed by atoms with Crippen LogP contribution in [0.2, 0.25) is 0 Å². The number of alkyl carbamates (subject to hydrolysis) is 1. The van der Waals surface area contributed by atoms with Crippen molar-refractivity contribution in [3.63, 3.8) is 0 Å². The predicted octanol–water partition coefficient (Wildman–Crippen LogP) is 2.52. The van der Waals surface area contributed by atoms with Crippen molar-refractivity contribution >= 4 is 12.0 Å². The van der Waals surface area contributed by atoms with Crippen molar-refractivity contribution in [1.29, 1.82) is 5.26 Å². The van der Waals surface area contributed by atoms with E-state index in [9.17, 15) is 9.59 Å². The second kappa shape index (κ2) is 8.92. The van der Waals surface area contributed by atoms with Crippen LogP contribution >= 0.6 is 0 Å². The van der Waals surface area contributed by atoms with E-state index in [4.69, 9.17) is 10.00 Å². The van der Waals surface area contributed by atoms with Crippen LogP contribution in [-0.2, 0) is 16.0 Å². The van der Waals surface area contributed by atoms with Crippen LogP contribution in [0.25, 0.3) is 0 Å². The van der Waals surface area contributed by atoms with Gasteiger partial charge in [0.15, 0.2) is 0 Å². The summed E-state index contributed by atoms with van der Waals surface area (Å²) in [7, 11) is 1.56. The van der Waals surface area contributed by atoms with Crippen molar-refractivity contribution in [2.45, 2.75) is 51.7 Å². The molecular formula is C18H25N3O3. The molecule has 24 heavy (non-hydrogen) atoms. The Labute approximate surface area is 143 Å². The third-order valence-electron chi connectivity index (χ3n) is 3.82. The highest BCUT2D eigenvalue weighted by Gasteiger charge is 2.23. The molecule has 0 aliphatic rings. The Bertz CT molecular complexity index is 603. The van der Waals surface area contributed by atoms with Crippen LogP contribution in [-0.4, -0.2) is 30.7 Å². The highest BCUT2D eigenvalue weighted by molar-refractivity contribution is 5.77. The van der Waals surface area contributed by atoms with E-state index in [1.807, 2.05) is 32.9 Å². The van der Waals surface area contributed by atoms with Crippen molar-refractivity contribution < 1.29 is 14.3 Å². The van der Waals surface area contributed by atoms with Gasteiger partial charge in [0.2, 0.25) is 5.91 Å². The first-order valence-corrected chi connectivity index (χ1v) is 7.98. The standard InChI is InChI=1S/C18H25N3O3/c1-5-18(2,3)24-17(23)21-15(11-16(22)20-4)10-13-6-8-14(12-19)9-7-13/h6-9,15H,5,10-11H2,1-4H3,(H,20,22)(H,21,23)/t15-/m1/s1. The lowest BCUT2D eigenvalue weighted by molar-refractivity contribution is -0.121. The smallest absolute Gasteiger partial charge is 0.407 e.